The highest BCUT2D eigenvalue weighted by molar-refractivity contribution is 7.99. The van der Waals surface area contributed by atoms with Gasteiger partial charge in [0, 0.05) is 11.7 Å². The Morgan fingerprint density at radius 1 is 1.47 bits per heavy atom. The Morgan fingerprint density at radius 3 is 2.71 bits per heavy atom. The molecule has 1 aromatic rings. The Balaban J connectivity index is 2.27. The molecule has 0 saturated heterocycles. The average Bonchev–Trinajstić information content (AvgIpc) is 3.09. The first-order valence-corrected chi connectivity index (χ1v) is 6.80. The van der Waals surface area contributed by atoms with E-state index in [9.17, 15) is 0 Å². The lowest BCUT2D eigenvalue weighted by atomic mass is 10.1. The molecule has 1 heterocycles. The first-order chi connectivity index (χ1) is 8.11. The fourth-order valence-electron chi connectivity index (χ4n) is 1.55. The molecule has 0 bridgehead atoms. The highest BCUT2D eigenvalue weighted by Crippen LogP contribution is 2.41. The normalized spacial score (nSPS) is 14.9. The maximum atomic E-state index is 9.07. The zero-order chi connectivity index (χ0) is 12.4. The molecule has 4 nitrogen and oxygen atoms in total. The summed E-state index contributed by atoms with van der Waals surface area (Å²) in [5.41, 5.74) is 7.14. The second-order valence-corrected chi connectivity index (χ2v) is 5.73. The number of nitriles is 1. The molecule has 17 heavy (non-hydrogen) atoms. The third-order valence-corrected chi connectivity index (χ3v) is 3.84. The number of anilines is 1. The van der Waals surface area contributed by atoms with Crippen LogP contribution in [0.25, 0.3) is 0 Å². The van der Waals surface area contributed by atoms with Crippen molar-refractivity contribution in [2.24, 2.45) is 5.92 Å². The van der Waals surface area contributed by atoms with Gasteiger partial charge in [-0.15, -0.1) is 0 Å². The number of thioether (sulfide) groups is 1. The number of hydrogen-bond donors (Lipinski definition) is 1. The van der Waals surface area contributed by atoms with E-state index in [0.29, 0.717) is 28.4 Å². The van der Waals surface area contributed by atoms with Gasteiger partial charge in [-0.05, 0) is 18.8 Å². The lowest BCUT2D eigenvalue weighted by molar-refractivity contribution is 0.747. The van der Waals surface area contributed by atoms with E-state index in [0.717, 1.165) is 24.3 Å². The zero-order valence-electron chi connectivity index (χ0n) is 10.1. The van der Waals surface area contributed by atoms with Crippen molar-refractivity contribution >= 4 is 17.6 Å². The fraction of sp³-hybridized carbons (Fsp3) is 0.583. The molecule has 0 unspecified atom stereocenters. The van der Waals surface area contributed by atoms with Crippen molar-refractivity contribution in [3.05, 3.63) is 11.3 Å². The van der Waals surface area contributed by atoms with E-state index in [1.165, 1.54) is 0 Å². The number of nitrogens with two attached hydrogens (primary N) is 1. The molecular formula is C12H16N4S. The number of hydrogen-bond acceptors (Lipinski definition) is 5. The third-order valence-electron chi connectivity index (χ3n) is 2.57. The summed E-state index contributed by atoms with van der Waals surface area (Å²) in [6.45, 7) is 4.31. The Hall–Kier alpha value is -1.28. The summed E-state index contributed by atoms with van der Waals surface area (Å²) in [5.74, 6) is 2.31. The summed E-state index contributed by atoms with van der Waals surface area (Å²) in [6.07, 6.45) is 2.22. The van der Waals surface area contributed by atoms with Gasteiger partial charge in [-0.2, -0.15) is 5.26 Å². The molecule has 0 aliphatic heterocycles. The van der Waals surface area contributed by atoms with E-state index in [2.05, 4.69) is 29.9 Å². The average molecular weight is 248 g/mol. The minimum Gasteiger partial charge on any atom is -0.382 e. The maximum absolute atomic E-state index is 9.07. The van der Waals surface area contributed by atoms with Crippen molar-refractivity contribution in [1.82, 2.24) is 9.97 Å². The van der Waals surface area contributed by atoms with Gasteiger partial charge < -0.3 is 5.73 Å². The molecule has 1 aliphatic rings. The Bertz CT molecular complexity index is 460. The van der Waals surface area contributed by atoms with Crippen LogP contribution in [0, 0.1) is 17.2 Å². The van der Waals surface area contributed by atoms with Crippen LogP contribution in [0.5, 0.6) is 0 Å². The third kappa shape index (κ3) is 2.89. The lowest BCUT2D eigenvalue weighted by Gasteiger charge is -2.08. The molecule has 1 fully saturated rings. The van der Waals surface area contributed by atoms with Crippen molar-refractivity contribution in [1.29, 1.82) is 5.26 Å². The van der Waals surface area contributed by atoms with E-state index in [1.807, 2.05) is 0 Å². The van der Waals surface area contributed by atoms with Crippen LogP contribution in [-0.4, -0.2) is 15.7 Å². The standard InChI is InChI=1S/C12H16N4S/c1-7(2)6-17-12-15-10(8-3-4-8)9(5-13)11(14)16-12/h7-8H,3-4,6H2,1-2H3,(H2,14,15,16). The summed E-state index contributed by atoms with van der Waals surface area (Å²) >= 11 is 1.61. The molecule has 5 heteroatoms. The van der Waals surface area contributed by atoms with Gasteiger partial charge in [0.2, 0.25) is 0 Å². The molecule has 1 saturated carbocycles. The van der Waals surface area contributed by atoms with Crippen LogP contribution in [0.1, 0.15) is 43.9 Å². The lowest BCUT2D eigenvalue weighted by Crippen LogP contribution is -2.05. The molecule has 0 amide bonds. The Labute approximate surface area is 106 Å². The largest absolute Gasteiger partial charge is 0.382 e. The van der Waals surface area contributed by atoms with Crippen LogP contribution >= 0.6 is 11.8 Å². The van der Waals surface area contributed by atoms with Crippen molar-refractivity contribution in [3.63, 3.8) is 0 Å². The summed E-state index contributed by atoms with van der Waals surface area (Å²) < 4.78 is 0. The maximum Gasteiger partial charge on any atom is 0.189 e. The van der Waals surface area contributed by atoms with E-state index in [1.54, 1.807) is 11.8 Å². The van der Waals surface area contributed by atoms with Gasteiger partial charge in [0.25, 0.3) is 0 Å². The van der Waals surface area contributed by atoms with Crippen molar-refractivity contribution in [3.8, 4) is 6.07 Å². The van der Waals surface area contributed by atoms with Gasteiger partial charge in [0.05, 0.1) is 5.69 Å². The van der Waals surface area contributed by atoms with Gasteiger partial charge in [-0.1, -0.05) is 25.6 Å². The molecule has 2 N–H and O–H groups in total. The highest BCUT2D eigenvalue weighted by atomic mass is 32.2. The molecule has 0 spiro atoms. The van der Waals surface area contributed by atoms with Crippen LogP contribution < -0.4 is 5.73 Å². The summed E-state index contributed by atoms with van der Waals surface area (Å²) in [4.78, 5) is 8.68. The van der Waals surface area contributed by atoms with Crippen molar-refractivity contribution < 1.29 is 0 Å². The fourth-order valence-corrected chi connectivity index (χ4v) is 2.35. The summed E-state index contributed by atoms with van der Waals surface area (Å²) in [5, 5.41) is 9.77. The van der Waals surface area contributed by atoms with Crippen LogP contribution in [0.2, 0.25) is 0 Å². The number of nitrogen functional groups attached to an aromatic ring is 1. The Morgan fingerprint density at radius 2 is 2.18 bits per heavy atom. The van der Waals surface area contributed by atoms with Gasteiger partial charge in [-0.25, -0.2) is 9.97 Å². The van der Waals surface area contributed by atoms with Gasteiger partial charge in [0.15, 0.2) is 5.16 Å². The minimum absolute atomic E-state index is 0.329. The van der Waals surface area contributed by atoms with Crippen molar-refractivity contribution in [2.45, 2.75) is 37.8 Å². The molecule has 1 aliphatic carbocycles. The molecule has 90 valence electrons. The molecule has 1 aromatic heterocycles. The van der Waals surface area contributed by atoms with Crippen molar-refractivity contribution in [2.75, 3.05) is 11.5 Å². The predicted molar refractivity (Wildman–Crippen MR) is 68.7 cm³/mol. The smallest absolute Gasteiger partial charge is 0.189 e. The first-order valence-electron chi connectivity index (χ1n) is 5.82. The number of nitrogens with zero attached hydrogens (tertiary/aromatic N) is 3. The van der Waals surface area contributed by atoms with Gasteiger partial charge in [0.1, 0.15) is 17.5 Å². The second kappa shape index (κ2) is 4.92. The van der Waals surface area contributed by atoms with Gasteiger partial charge in [-0.3, -0.25) is 0 Å². The SMILES string of the molecule is CC(C)CSc1nc(N)c(C#N)c(C2CC2)n1. The van der Waals surface area contributed by atoms with Crippen LogP contribution in [0.15, 0.2) is 5.16 Å². The zero-order valence-corrected chi connectivity index (χ0v) is 10.9. The molecule has 0 aromatic carbocycles. The molecule has 0 radical (unpaired) electrons. The predicted octanol–water partition coefficient (Wildman–Crippen LogP) is 2.56. The second-order valence-electron chi connectivity index (χ2n) is 4.74. The first kappa shape index (κ1) is 12.2. The Kier molecular flexibility index (Phi) is 3.53. The van der Waals surface area contributed by atoms with Crippen LogP contribution in [0.3, 0.4) is 0 Å². The molecular weight excluding hydrogens is 232 g/mol. The quantitative estimate of drug-likeness (QED) is 0.654. The number of rotatable bonds is 4. The molecule has 2 rings (SSSR count). The monoisotopic (exact) mass is 248 g/mol. The minimum atomic E-state index is 0.329. The van der Waals surface area contributed by atoms with E-state index >= 15 is 0 Å². The van der Waals surface area contributed by atoms with E-state index in [-0.39, 0.29) is 0 Å². The van der Waals surface area contributed by atoms with Crippen LogP contribution in [-0.2, 0) is 0 Å². The topological polar surface area (TPSA) is 75.6 Å². The van der Waals surface area contributed by atoms with E-state index < -0.39 is 0 Å². The van der Waals surface area contributed by atoms with Crippen LogP contribution in [0.4, 0.5) is 5.82 Å². The summed E-state index contributed by atoms with van der Waals surface area (Å²) in [7, 11) is 0. The highest BCUT2D eigenvalue weighted by Gasteiger charge is 2.29. The van der Waals surface area contributed by atoms with Gasteiger partial charge >= 0.3 is 0 Å². The molecule has 0 atom stereocenters. The number of aromatic nitrogens is 2. The summed E-state index contributed by atoms with van der Waals surface area (Å²) in [6, 6.07) is 2.12. The van der Waals surface area contributed by atoms with E-state index in [4.69, 9.17) is 11.0 Å².